The highest BCUT2D eigenvalue weighted by Gasteiger charge is 2.13. The van der Waals surface area contributed by atoms with E-state index in [1.54, 1.807) is 0 Å². The molecule has 1 heterocycles. The molecule has 0 atom stereocenters. The number of ether oxygens (including phenoxy) is 3. The summed E-state index contributed by atoms with van der Waals surface area (Å²) in [5.41, 5.74) is 3.45. The maximum absolute atomic E-state index is 5.99. The zero-order chi connectivity index (χ0) is 19.3. The molecule has 144 valence electrons. The van der Waals surface area contributed by atoms with Gasteiger partial charge in [-0.2, -0.15) is 0 Å². The molecule has 3 aromatic rings. The lowest BCUT2D eigenvalue weighted by Gasteiger charge is -2.13. The van der Waals surface area contributed by atoms with E-state index in [0.29, 0.717) is 13.4 Å². The molecule has 0 amide bonds. The number of halogens is 2. The SMILES string of the molecule is Brc1cc(CNCc2ccc3c(c2)OCO3)cc(Br)c1OCc1ccccc1. The predicted molar refractivity (Wildman–Crippen MR) is 116 cm³/mol. The normalized spacial score (nSPS) is 12.2. The molecule has 0 radical (unpaired) electrons. The first-order chi connectivity index (χ1) is 13.7. The summed E-state index contributed by atoms with van der Waals surface area (Å²) in [6, 6.07) is 20.3. The maximum atomic E-state index is 5.99. The minimum Gasteiger partial charge on any atom is -0.487 e. The van der Waals surface area contributed by atoms with Gasteiger partial charge in [-0.3, -0.25) is 0 Å². The van der Waals surface area contributed by atoms with Crippen LogP contribution in [0.25, 0.3) is 0 Å². The molecule has 4 rings (SSSR count). The second-order valence-corrected chi connectivity index (χ2v) is 8.16. The van der Waals surface area contributed by atoms with Crippen LogP contribution in [0, 0.1) is 0 Å². The largest absolute Gasteiger partial charge is 0.487 e. The van der Waals surface area contributed by atoms with Crippen LogP contribution in [0.2, 0.25) is 0 Å². The van der Waals surface area contributed by atoms with Gasteiger partial charge in [0.1, 0.15) is 12.4 Å². The van der Waals surface area contributed by atoms with Crippen molar-refractivity contribution >= 4 is 31.9 Å². The van der Waals surface area contributed by atoms with Crippen molar-refractivity contribution in [1.29, 1.82) is 0 Å². The van der Waals surface area contributed by atoms with Gasteiger partial charge in [-0.05, 0) is 72.8 Å². The fourth-order valence-corrected chi connectivity index (χ4v) is 4.49. The maximum Gasteiger partial charge on any atom is 0.231 e. The van der Waals surface area contributed by atoms with Crippen LogP contribution in [-0.4, -0.2) is 6.79 Å². The molecule has 1 aliphatic heterocycles. The minimum absolute atomic E-state index is 0.299. The van der Waals surface area contributed by atoms with E-state index in [4.69, 9.17) is 14.2 Å². The molecular weight excluding hydrogens is 486 g/mol. The molecule has 4 nitrogen and oxygen atoms in total. The molecule has 0 bridgehead atoms. The minimum atomic E-state index is 0.299. The molecule has 3 aromatic carbocycles. The quantitative estimate of drug-likeness (QED) is 0.440. The molecule has 28 heavy (non-hydrogen) atoms. The van der Waals surface area contributed by atoms with Crippen LogP contribution in [0.5, 0.6) is 17.2 Å². The van der Waals surface area contributed by atoms with E-state index in [0.717, 1.165) is 56.0 Å². The second-order valence-electron chi connectivity index (χ2n) is 6.45. The Morgan fingerprint density at radius 1 is 0.786 bits per heavy atom. The summed E-state index contributed by atoms with van der Waals surface area (Å²) in [6.45, 7) is 2.31. The zero-order valence-electron chi connectivity index (χ0n) is 15.1. The van der Waals surface area contributed by atoms with Crippen LogP contribution < -0.4 is 19.5 Å². The Balaban J connectivity index is 1.35. The van der Waals surface area contributed by atoms with Crippen LogP contribution >= 0.6 is 31.9 Å². The van der Waals surface area contributed by atoms with E-state index in [2.05, 4.69) is 61.4 Å². The Labute approximate surface area is 181 Å². The predicted octanol–water partition coefficient (Wildman–Crippen LogP) is 5.81. The Hall–Kier alpha value is -2.02. The molecule has 0 saturated carbocycles. The highest BCUT2D eigenvalue weighted by molar-refractivity contribution is 9.11. The fourth-order valence-electron chi connectivity index (χ4n) is 2.98. The van der Waals surface area contributed by atoms with Crippen LogP contribution in [0.1, 0.15) is 16.7 Å². The van der Waals surface area contributed by atoms with E-state index in [1.165, 1.54) is 0 Å². The molecule has 6 heteroatoms. The highest BCUT2D eigenvalue weighted by atomic mass is 79.9. The lowest BCUT2D eigenvalue weighted by Crippen LogP contribution is -2.12. The molecule has 0 saturated heterocycles. The summed E-state index contributed by atoms with van der Waals surface area (Å²) in [6.07, 6.45) is 0. The van der Waals surface area contributed by atoms with E-state index in [1.807, 2.05) is 36.4 Å². The van der Waals surface area contributed by atoms with E-state index in [-0.39, 0.29) is 0 Å². The molecule has 0 spiro atoms. The van der Waals surface area contributed by atoms with Crippen molar-refractivity contribution in [3.05, 3.63) is 86.3 Å². The lowest BCUT2D eigenvalue weighted by molar-refractivity contribution is 0.174. The number of rotatable bonds is 7. The third-order valence-corrected chi connectivity index (χ3v) is 5.56. The van der Waals surface area contributed by atoms with Crippen molar-refractivity contribution in [2.45, 2.75) is 19.7 Å². The lowest BCUT2D eigenvalue weighted by atomic mass is 10.2. The fraction of sp³-hybridized carbons (Fsp3) is 0.182. The van der Waals surface area contributed by atoms with Gasteiger partial charge in [-0.15, -0.1) is 0 Å². The summed E-state index contributed by atoms with van der Waals surface area (Å²) >= 11 is 7.26. The number of fused-ring (bicyclic) bond motifs is 1. The molecule has 0 aliphatic carbocycles. The first-order valence-corrected chi connectivity index (χ1v) is 10.5. The van der Waals surface area contributed by atoms with Gasteiger partial charge < -0.3 is 19.5 Å². The van der Waals surface area contributed by atoms with Gasteiger partial charge in [0.15, 0.2) is 11.5 Å². The smallest absolute Gasteiger partial charge is 0.231 e. The van der Waals surface area contributed by atoms with Crippen LogP contribution in [0.15, 0.2) is 69.6 Å². The summed E-state index contributed by atoms with van der Waals surface area (Å²) in [5.74, 6) is 2.43. The Kier molecular flexibility index (Phi) is 6.20. The van der Waals surface area contributed by atoms with Gasteiger partial charge in [-0.25, -0.2) is 0 Å². The third-order valence-electron chi connectivity index (χ3n) is 4.38. The standard InChI is InChI=1S/C22H19Br2NO3/c23-18-8-17(9-19(24)22(18)26-13-15-4-2-1-3-5-15)12-25-11-16-6-7-20-21(10-16)28-14-27-20/h1-10,25H,11-14H2. The Morgan fingerprint density at radius 2 is 1.50 bits per heavy atom. The van der Waals surface area contributed by atoms with E-state index >= 15 is 0 Å². The molecular formula is C22H19Br2NO3. The highest BCUT2D eigenvalue weighted by Crippen LogP contribution is 2.35. The Bertz CT molecular complexity index is 940. The van der Waals surface area contributed by atoms with Crippen LogP contribution in [0.4, 0.5) is 0 Å². The average molecular weight is 505 g/mol. The van der Waals surface area contributed by atoms with Crippen molar-refractivity contribution in [3.63, 3.8) is 0 Å². The van der Waals surface area contributed by atoms with Gasteiger partial charge in [-0.1, -0.05) is 36.4 Å². The van der Waals surface area contributed by atoms with Crippen molar-refractivity contribution < 1.29 is 14.2 Å². The van der Waals surface area contributed by atoms with Crippen LogP contribution in [0.3, 0.4) is 0 Å². The van der Waals surface area contributed by atoms with Crippen molar-refractivity contribution in [1.82, 2.24) is 5.32 Å². The topological polar surface area (TPSA) is 39.7 Å². The average Bonchev–Trinajstić information content (AvgIpc) is 3.16. The summed E-state index contributed by atoms with van der Waals surface area (Å²) in [7, 11) is 0. The number of hydrogen-bond donors (Lipinski definition) is 1. The zero-order valence-corrected chi connectivity index (χ0v) is 18.3. The number of hydrogen-bond acceptors (Lipinski definition) is 4. The van der Waals surface area contributed by atoms with E-state index in [9.17, 15) is 0 Å². The van der Waals surface area contributed by atoms with Crippen molar-refractivity contribution in [2.24, 2.45) is 0 Å². The second kappa shape index (κ2) is 8.99. The first kappa shape index (κ1) is 19.3. The molecule has 0 aromatic heterocycles. The Morgan fingerprint density at radius 3 is 2.29 bits per heavy atom. The molecule has 0 unspecified atom stereocenters. The monoisotopic (exact) mass is 503 g/mol. The van der Waals surface area contributed by atoms with Crippen molar-refractivity contribution in [2.75, 3.05) is 6.79 Å². The first-order valence-electron chi connectivity index (χ1n) is 8.93. The summed E-state index contributed by atoms with van der Waals surface area (Å²) in [5, 5.41) is 3.46. The van der Waals surface area contributed by atoms with E-state index < -0.39 is 0 Å². The summed E-state index contributed by atoms with van der Waals surface area (Å²) in [4.78, 5) is 0. The summed E-state index contributed by atoms with van der Waals surface area (Å²) < 4.78 is 18.6. The van der Waals surface area contributed by atoms with Gasteiger partial charge in [0.05, 0.1) is 8.95 Å². The molecule has 1 N–H and O–H groups in total. The van der Waals surface area contributed by atoms with Gasteiger partial charge in [0.2, 0.25) is 6.79 Å². The number of benzene rings is 3. The third kappa shape index (κ3) is 4.69. The van der Waals surface area contributed by atoms with Gasteiger partial charge in [0, 0.05) is 13.1 Å². The van der Waals surface area contributed by atoms with Gasteiger partial charge in [0.25, 0.3) is 0 Å². The van der Waals surface area contributed by atoms with Crippen LogP contribution in [-0.2, 0) is 19.7 Å². The molecule has 0 fully saturated rings. The van der Waals surface area contributed by atoms with Crippen molar-refractivity contribution in [3.8, 4) is 17.2 Å². The number of nitrogens with one attached hydrogen (secondary N) is 1. The van der Waals surface area contributed by atoms with Gasteiger partial charge >= 0.3 is 0 Å². The molecule has 1 aliphatic rings.